The quantitative estimate of drug-likeness (QED) is 0.689. The Labute approximate surface area is 139 Å². The largest absolute Gasteiger partial charge is 0.312 e. The van der Waals surface area contributed by atoms with Crippen molar-refractivity contribution in [3.05, 3.63) is 47.3 Å². The maximum atomic E-state index is 4.58. The van der Waals surface area contributed by atoms with Crippen LogP contribution in [-0.2, 0) is 25.6 Å². The molecule has 118 valence electrons. The molecule has 4 rings (SSSR count). The molecule has 0 amide bonds. The van der Waals surface area contributed by atoms with Gasteiger partial charge in [-0.25, -0.2) is 9.67 Å². The zero-order chi connectivity index (χ0) is 15.8. The summed E-state index contributed by atoms with van der Waals surface area (Å²) in [4.78, 5) is 4.58. The molecule has 23 heavy (non-hydrogen) atoms. The molecule has 0 atom stereocenters. The first kappa shape index (κ1) is 14.4. The van der Waals surface area contributed by atoms with Crippen molar-refractivity contribution in [1.29, 1.82) is 0 Å². The van der Waals surface area contributed by atoms with Gasteiger partial charge in [-0.1, -0.05) is 17.8 Å². The molecular formula is C16H18N6S. The van der Waals surface area contributed by atoms with Crippen molar-refractivity contribution in [1.82, 2.24) is 29.5 Å². The summed E-state index contributed by atoms with van der Waals surface area (Å²) in [7, 11) is 1.94. The fourth-order valence-corrected chi connectivity index (χ4v) is 3.78. The molecule has 0 radical (unpaired) electrons. The van der Waals surface area contributed by atoms with Crippen molar-refractivity contribution in [2.24, 2.45) is 7.05 Å². The Bertz CT molecular complexity index is 850. The Morgan fingerprint density at radius 2 is 2.09 bits per heavy atom. The summed E-state index contributed by atoms with van der Waals surface area (Å²) in [5, 5.41) is 13.5. The maximum absolute atomic E-state index is 4.58. The molecule has 0 aliphatic heterocycles. The highest BCUT2D eigenvalue weighted by molar-refractivity contribution is 7.98. The van der Waals surface area contributed by atoms with Gasteiger partial charge in [-0.15, -0.1) is 10.2 Å². The van der Waals surface area contributed by atoms with Crippen molar-refractivity contribution >= 4 is 11.8 Å². The fraction of sp³-hybridized carbons (Fsp3) is 0.375. The highest BCUT2D eigenvalue weighted by Crippen LogP contribution is 2.26. The first-order valence-corrected chi connectivity index (χ1v) is 8.71. The number of aromatic nitrogens is 6. The van der Waals surface area contributed by atoms with Crippen LogP contribution >= 0.6 is 11.8 Å². The van der Waals surface area contributed by atoms with Gasteiger partial charge in [0, 0.05) is 7.05 Å². The van der Waals surface area contributed by atoms with Gasteiger partial charge in [-0.2, -0.15) is 5.10 Å². The van der Waals surface area contributed by atoms with E-state index in [1.165, 1.54) is 30.4 Å². The smallest absolute Gasteiger partial charge is 0.191 e. The molecule has 1 aliphatic rings. The van der Waals surface area contributed by atoms with Crippen LogP contribution in [0.15, 0.2) is 29.7 Å². The first-order valence-electron chi connectivity index (χ1n) is 7.72. The fourth-order valence-electron chi connectivity index (χ4n) is 2.98. The van der Waals surface area contributed by atoms with Crippen LogP contribution in [0.4, 0.5) is 0 Å². The van der Waals surface area contributed by atoms with Gasteiger partial charge in [0.25, 0.3) is 0 Å². The van der Waals surface area contributed by atoms with Crippen LogP contribution in [0.25, 0.3) is 5.69 Å². The lowest BCUT2D eigenvalue weighted by atomic mass is 10.1. The number of nitrogens with zero attached hydrogens (tertiary/aromatic N) is 6. The normalized spacial score (nSPS) is 13.5. The Balaban J connectivity index is 1.63. The van der Waals surface area contributed by atoms with E-state index < -0.39 is 0 Å². The lowest BCUT2D eigenvalue weighted by Gasteiger charge is -2.08. The van der Waals surface area contributed by atoms with Crippen LogP contribution in [0, 0.1) is 6.92 Å². The van der Waals surface area contributed by atoms with E-state index in [0.29, 0.717) is 5.75 Å². The predicted octanol–water partition coefficient (Wildman–Crippen LogP) is 2.49. The van der Waals surface area contributed by atoms with Gasteiger partial charge >= 0.3 is 0 Å². The van der Waals surface area contributed by atoms with Crippen LogP contribution in [-0.4, -0.2) is 29.5 Å². The summed E-state index contributed by atoms with van der Waals surface area (Å²) >= 11 is 1.62. The topological polar surface area (TPSA) is 61.4 Å². The van der Waals surface area contributed by atoms with E-state index in [1.807, 2.05) is 23.2 Å². The maximum Gasteiger partial charge on any atom is 0.191 e. The molecule has 1 aliphatic carbocycles. The molecular weight excluding hydrogens is 308 g/mol. The van der Waals surface area contributed by atoms with Crippen LogP contribution in [0.3, 0.4) is 0 Å². The summed E-state index contributed by atoms with van der Waals surface area (Å²) in [6.07, 6.45) is 5.32. The second-order valence-electron chi connectivity index (χ2n) is 5.81. The third-order valence-electron chi connectivity index (χ3n) is 4.11. The molecule has 0 spiro atoms. The number of hydrogen-bond acceptors (Lipinski definition) is 5. The molecule has 1 aromatic carbocycles. The SMILES string of the molecule is Cc1nc(CSc2nncn2C)n(-c2ccc3c(c2)CCC3)n1. The lowest BCUT2D eigenvalue weighted by molar-refractivity contribution is 0.784. The second-order valence-corrected chi connectivity index (χ2v) is 6.75. The molecule has 2 heterocycles. The average Bonchev–Trinajstić information content (AvgIpc) is 3.24. The number of fused-ring (bicyclic) bond motifs is 1. The minimum absolute atomic E-state index is 0.713. The van der Waals surface area contributed by atoms with Crippen molar-refractivity contribution in [2.45, 2.75) is 37.1 Å². The summed E-state index contributed by atoms with van der Waals surface area (Å²) < 4.78 is 3.87. The van der Waals surface area contributed by atoms with Crippen LogP contribution < -0.4 is 0 Å². The van der Waals surface area contributed by atoms with E-state index in [1.54, 1.807) is 18.1 Å². The molecule has 0 unspecified atom stereocenters. The van der Waals surface area contributed by atoms with E-state index in [9.17, 15) is 0 Å². The first-order chi connectivity index (χ1) is 11.2. The van der Waals surface area contributed by atoms with E-state index in [2.05, 4.69) is 38.5 Å². The van der Waals surface area contributed by atoms with E-state index in [4.69, 9.17) is 0 Å². The predicted molar refractivity (Wildman–Crippen MR) is 88.7 cm³/mol. The minimum atomic E-state index is 0.713. The van der Waals surface area contributed by atoms with Crippen LogP contribution in [0.1, 0.15) is 29.2 Å². The van der Waals surface area contributed by atoms with Crippen molar-refractivity contribution < 1.29 is 0 Å². The molecule has 0 saturated heterocycles. The van der Waals surface area contributed by atoms with Gasteiger partial charge < -0.3 is 4.57 Å². The van der Waals surface area contributed by atoms with Gasteiger partial charge in [0.15, 0.2) is 5.16 Å². The van der Waals surface area contributed by atoms with E-state index in [-0.39, 0.29) is 0 Å². The molecule has 3 aromatic rings. The minimum Gasteiger partial charge on any atom is -0.312 e. The number of rotatable bonds is 4. The summed E-state index contributed by atoms with van der Waals surface area (Å²) in [5.41, 5.74) is 4.02. The van der Waals surface area contributed by atoms with Gasteiger partial charge in [0.05, 0.1) is 11.4 Å². The third-order valence-corrected chi connectivity index (χ3v) is 5.14. The van der Waals surface area contributed by atoms with Gasteiger partial charge in [0.1, 0.15) is 18.0 Å². The molecule has 2 aromatic heterocycles. The summed E-state index contributed by atoms with van der Waals surface area (Å²) in [6.45, 7) is 1.93. The molecule has 6 nitrogen and oxygen atoms in total. The van der Waals surface area contributed by atoms with Crippen molar-refractivity contribution in [3.63, 3.8) is 0 Å². The Kier molecular flexibility index (Phi) is 3.65. The molecule has 0 N–H and O–H groups in total. The zero-order valence-corrected chi connectivity index (χ0v) is 14.0. The lowest BCUT2D eigenvalue weighted by Crippen LogP contribution is -2.03. The average molecular weight is 326 g/mol. The standard InChI is InChI=1S/C16H18N6S/c1-11-18-15(9-23-16-19-17-10-21(16)2)22(20-11)14-7-6-12-4-3-5-13(12)8-14/h6-8,10H,3-5,9H2,1-2H3. The van der Waals surface area contributed by atoms with E-state index in [0.717, 1.165) is 22.5 Å². The van der Waals surface area contributed by atoms with Crippen molar-refractivity contribution in [3.8, 4) is 5.69 Å². The summed E-state index contributed by atoms with van der Waals surface area (Å²) in [5.74, 6) is 2.44. The number of aryl methyl sites for hydroxylation is 4. The summed E-state index contributed by atoms with van der Waals surface area (Å²) in [6, 6.07) is 6.63. The second kappa shape index (κ2) is 5.81. The van der Waals surface area contributed by atoms with Gasteiger partial charge in [-0.05, 0) is 49.4 Å². The monoisotopic (exact) mass is 326 g/mol. The zero-order valence-electron chi connectivity index (χ0n) is 13.2. The molecule has 0 saturated carbocycles. The Hall–Kier alpha value is -2.15. The Morgan fingerprint density at radius 3 is 2.91 bits per heavy atom. The molecule has 0 bridgehead atoms. The third kappa shape index (κ3) is 2.76. The molecule has 0 fully saturated rings. The highest BCUT2D eigenvalue weighted by atomic mass is 32.2. The van der Waals surface area contributed by atoms with Crippen LogP contribution in [0.2, 0.25) is 0 Å². The molecule has 7 heteroatoms. The van der Waals surface area contributed by atoms with Gasteiger partial charge in [0.2, 0.25) is 0 Å². The number of thioether (sulfide) groups is 1. The Morgan fingerprint density at radius 1 is 1.22 bits per heavy atom. The number of benzene rings is 1. The number of hydrogen-bond donors (Lipinski definition) is 0. The van der Waals surface area contributed by atoms with Crippen molar-refractivity contribution in [2.75, 3.05) is 0 Å². The highest BCUT2D eigenvalue weighted by Gasteiger charge is 2.15. The van der Waals surface area contributed by atoms with E-state index >= 15 is 0 Å². The van der Waals surface area contributed by atoms with Gasteiger partial charge in [-0.3, -0.25) is 0 Å². The van der Waals surface area contributed by atoms with Crippen LogP contribution in [0.5, 0.6) is 0 Å².